The molecule has 21 heavy (non-hydrogen) atoms. The summed E-state index contributed by atoms with van der Waals surface area (Å²) < 4.78 is 1.11. The zero-order valence-electron chi connectivity index (χ0n) is 12.6. The summed E-state index contributed by atoms with van der Waals surface area (Å²) in [6.07, 6.45) is 2.02. The van der Waals surface area contributed by atoms with Crippen LogP contribution in [0.4, 0.5) is 0 Å². The lowest BCUT2D eigenvalue weighted by Crippen LogP contribution is -2.41. The third-order valence-corrected chi connectivity index (χ3v) is 5.93. The quantitative estimate of drug-likeness (QED) is 0.824. The highest BCUT2D eigenvalue weighted by molar-refractivity contribution is 9.10. The molecule has 116 valence electrons. The van der Waals surface area contributed by atoms with Crippen molar-refractivity contribution in [2.45, 2.75) is 31.6 Å². The number of likely N-dealkylation sites (tertiary alicyclic amines) is 1. The van der Waals surface area contributed by atoms with E-state index in [1.54, 1.807) is 11.8 Å². The molecule has 1 N–H and O–H groups in total. The van der Waals surface area contributed by atoms with Crippen LogP contribution in [0.2, 0.25) is 0 Å². The lowest BCUT2D eigenvalue weighted by molar-refractivity contribution is -0.130. The number of carbonyl (C=O) groups is 1. The van der Waals surface area contributed by atoms with Gasteiger partial charge in [-0.15, -0.1) is 11.8 Å². The van der Waals surface area contributed by atoms with E-state index in [0.29, 0.717) is 12.3 Å². The molecule has 0 aliphatic carbocycles. The zero-order chi connectivity index (χ0) is 15.4. The first-order valence-corrected chi connectivity index (χ1v) is 9.07. The van der Waals surface area contributed by atoms with Gasteiger partial charge in [-0.2, -0.15) is 0 Å². The number of aryl methyl sites for hydroxylation is 2. The molecule has 1 amide bonds. The van der Waals surface area contributed by atoms with Crippen LogP contribution in [-0.2, 0) is 4.79 Å². The number of carbonyl (C=O) groups excluding carboxylic acids is 1. The number of piperidine rings is 1. The van der Waals surface area contributed by atoms with Crippen LogP contribution in [0.1, 0.15) is 24.0 Å². The highest BCUT2D eigenvalue weighted by atomic mass is 79.9. The second-order valence-corrected chi connectivity index (χ2v) is 7.56. The predicted molar refractivity (Wildman–Crippen MR) is 90.7 cm³/mol. The van der Waals surface area contributed by atoms with Gasteiger partial charge in [-0.25, -0.2) is 0 Å². The average Bonchev–Trinajstić information content (AvgIpc) is 2.49. The lowest BCUT2D eigenvalue weighted by Gasteiger charge is -2.31. The molecular formula is C16H22BrNO2S. The van der Waals surface area contributed by atoms with Crippen molar-refractivity contribution in [1.82, 2.24) is 4.90 Å². The number of amides is 1. The smallest absolute Gasteiger partial charge is 0.232 e. The van der Waals surface area contributed by atoms with E-state index < -0.39 is 0 Å². The molecule has 0 spiro atoms. The number of hydrogen-bond donors (Lipinski definition) is 1. The van der Waals surface area contributed by atoms with Crippen molar-refractivity contribution in [3.63, 3.8) is 0 Å². The molecule has 1 aromatic carbocycles. The Morgan fingerprint density at radius 3 is 2.90 bits per heavy atom. The Kier molecular flexibility index (Phi) is 6.14. The van der Waals surface area contributed by atoms with Crippen molar-refractivity contribution in [2.75, 3.05) is 25.4 Å². The first kappa shape index (κ1) is 16.8. The fourth-order valence-electron chi connectivity index (χ4n) is 2.58. The number of rotatable bonds is 4. The van der Waals surface area contributed by atoms with E-state index in [9.17, 15) is 9.90 Å². The lowest BCUT2D eigenvalue weighted by atomic mass is 9.99. The Labute approximate surface area is 139 Å². The zero-order valence-corrected chi connectivity index (χ0v) is 15.0. The van der Waals surface area contributed by atoms with Gasteiger partial charge in [-0.3, -0.25) is 4.79 Å². The molecular weight excluding hydrogens is 350 g/mol. The molecule has 0 saturated carbocycles. The van der Waals surface area contributed by atoms with Gasteiger partial charge in [0.15, 0.2) is 0 Å². The monoisotopic (exact) mass is 371 g/mol. The second-order valence-electron chi connectivity index (χ2n) is 5.69. The largest absolute Gasteiger partial charge is 0.396 e. The first-order chi connectivity index (χ1) is 10.0. The first-order valence-electron chi connectivity index (χ1n) is 7.29. The van der Waals surface area contributed by atoms with E-state index >= 15 is 0 Å². The summed E-state index contributed by atoms with van der Waals surface area (Å²) in [6, 6.07) is 4.23. The summed E-state index contributed by atoms with van der Waals surface area (Å²) in [7, 11) is 0. The van der Waals surface area contributed by atoms with Gasteiger partial charge in [0.2, 0.25) is 5.91 Å². The summed E-state index contributed by atoms with van der Waals surface area (Å²) in [5, 5.41) is 9.24. The van der Waals surface area contributed by atoms with Crippen LogP contribution in [0.5, 0.6) is 0 Å². The molecule has 5 heteroatoms. The van der Waals surface area contributed by atoms with E-state index in [2.05, 4.69) is 41.9 Å². The van der Waals surface area contributed by atoms with Crippen molar-refractivity contribution in [2.24, 2.45) is 5.92 Å². The summed E-state index contributed by atoms with van der Waals surface area (Å²) in [4.78, 5) is 15.4. The number of aliphatic hydroxyl groups excluding tert-OH is 1. The van der Waals surface area contributed by atoms with E-state index in [-0.39, 0.29) is 18.4 Å². The molecule has 1 atom stereocenters. The molecule has 1 aliphatic heterocycles. The van der Waals surface area contributed by atoms with Crippen LogP contribution < -0.4 is 0 Å². The maximum atomic E-state index is 12.3. The minimum atomic E-state index is 0.179. The van der Waals surface area contributed by atoms with Crippen molar-refractivity contribution < 1.29 is 9.90 Å². The molecule has 1 unspecified atom stereocenters. The molecule has 1 heterocycles. The van der Waals surface area contributed by atoms with Crippen LogP contribution >= 0.6 is 27.7 Å². The minimum Gasteiger partial charge on any atom is -0.396 e. The standard InChI is InChI=1S/C16H22BrNO2S/c1-11-7-15(12(2)6-14(11)17)21-10-16(20)18-5-3-4-13(8-18)9-19/h6-7,13,19H,3-5,8-10H2,1-2H3. The van der Waals surface area contributed by atoms with Gasteiger partial charge in [0, 0.05) is 29.1 Å². The van der Waals surface area contributed by atoms with E-state index in [1.807, 2.05) is 4.90 Å². The summed E-state index contributed by atoms with van der Waals surface area (Å²) in [5.41, 5.74) is 2.38. The summed E-state index contributed by atoms with van der Waals surface area (Å²) >= 11 is 5.14. The Bertz CT molecular complexity index is 521. The molecule has 1 saturated heterocycles. The molecule has 0 radical (unpaired) electrons. The van der Waals surface area contributed by atoms with Gasteiger partial charge in [-0.1, -0.05) is 15.9 Å². The maximum Gasteiger partial charge on any atom is 0.232 e. The Balaban J connectivity index is 1.93. The minimum absolute atomic E-state index is 0.179. The molecule has 1 fully saturated rings. The van der Waals surface area contributed by atoms with Crippen molar-refractivity contribution in [3.8, 4) is 0 Å². The van der Waals surface area contributed by atoms with Gasteiger partial charge in [0.25, 0.3) is 0 Å². The Hall–Kier alpha value is -0.520. The van der Waals surface area contributed by atoms with Crippen molar-refractivity contribution in [3.05, 3.63) is 27.7 Å². The normalized spacial score (nSPS) is 18.9. The predicted octanol–water partition coefficient (Wildman–Crippen LogP) is 3.39. The van der Waals surface area contributed by atoms with E-state index in [0.717, 1.165) is 23.9 Å². The molecule has 3 nitrogen and oxygen atoms in total. The molecule has 1 aromatic rings. The Morgan fingerprint density at radius 1 is 1.43 bits per heavy atom. The number of thioether (sulfide) groups is 1. The molecule has 0 aromatic heterocycles. The van der Waals surface area contributed by atoms with Gasteiger partial charge < -0.3 is 10.0 Å². The van der Waals surface area contributed by atoms with Crippen LogP contribution in [0, 0.1) is 19.8 Å². The number of hydrogen-bond acceptors (Lipinski definition) is 3. The third kappa shape index (κ3) is 4.47. The van der Waals surface area contributed by atoms with Gasteiger partial charge in [0.05, 0.1) is 5.75 Å². The fourth-order valence-corrected chi connectivity index (χ4v) is 4.05. The number of aliphatic hydroxyl groups is 1. The highest BCUT2D eigenvalue weighted by Crippen LogP contribution is 2.29. The number of nitrogens with zero attached hydrogens (tertiary/aromatic N) is 1. The van der Waals surface area contributed by atoms with E-state index in [4.69, 9.17) is 0 Å². The molecule has 2 rings (SSSR count). The topological polar surface area (TPSA) is 40.5 Å². The van der Waals surface area contributed by atoms with E-state index in [1.165, 1.54) is 16.0 Å². The summed E-state index contributed by atoms with van der Waals surface area (Å²) in [6.45, 7) is 5.84. The van der Waals surface area contributed by atoms with Crippen LogP contribution in [0.25, 0.3) is 0 Å². The van der Waals surface area contributed by atoms with Crippen molar-refractivity contribution in [1.29, 1.82) is 0 Å². The molecule has 0 bridgehead atoms. The van der Waals surface area contributed by atoms with Crippen LogP contribution in [0.15, 0.2) is 21.5 Å². The third-order valence-electron chi connectivity index (χ3n) is 3.94. The SMILES string of the molecule is Cc1cc(SCC(=O)N2CCCC(CO)C2)c(C)cc1Br. The average molecular weight is 372 g/mol. The second kappa shape index (κ2) is 7.65. The Morgan fingerprint density at radius 2 is 2.19 bits per heavy atom. The highest BCUT2D eigenvalue weighted by Gasteiger charge is 2.23. The van der Waals surface area contributed by atoms with Gasteiger partial charge in [0.1, 0.15) is 0 Å². The van der Waals surface area contributed by atoms with Crippen molar-refractivity contribution >= 4 is 33.6 Å². The number of benzene rings is 1. The number of halogens is 1. The van der Waals surface area contributed by atoms with Gasteiger partial charge >= 0.3 is 0 Å². The molecule has 1 aliphatic rings. The maximum absolute atomic E-state index is 12.3. The van der Waals surface area contributed by atoms with Crippen LogP contribution in [0.3, 0.4) is 0 Å². The van der Waals surface area contributed by atoms with Gasteiger partial charge in [-0.05, 0) is 55.9 Å². The fraction of sp³-hybridized carbons (Fsp3) is 0.562. The van der Waals surface area contributed by atoms with Crippen LogP contribution in [-0.4, -0.2) is 41.4 Å². The summed E-state index contributed by atoms with van der Waals surface area (Å²) in [5.74, 6) is 0.905.